The zero-order chi connectivity index (χ0) is 7.33. The lowest BCUT2D eigenvalue weighted by Crippen LogP contribution is -2.33. The topological polar surface area (TPSA) is 40.5 Å². The van der Waals surface area contributed by atoms with Crippen molar-refractivity contribution in [2.75, 3.05) is 0 Å². The first-order valence-corrected chi connectivity index (χ1v) is 5.88. The Hall–Kier alpha value is 0.137. The molecule has 0 fully saturated rings. The van der Waals surface area contributed by atoms with Gasteiger partial charge >= 0.3 is 8.56 Å². The summed E-state index contributed by atoms with van der Waals surface area (Å²) in [6.45, 7) is 3.95. The second-order valence-electron chi connectivity index (χ2n) is 2.48. The minimum absolute atomic E-state index is 0.626. The van der Waals surface area contributed by atoms with Gasteiger partial charge in [0, 0.05) is 0 Å². The summed E-state index contributed by atoms with van der Waals surface area (Å²) in [6, 6.07) is 1.25. The Balaban J connectivity index is 3.43. The average Bonchev–Trinajstić information content (AvgIpc) is 1.64. The third-order valence-corrected chi connectivity index (χ3v) is 3.90. The van der Waals surface area contributed by atoms with Gasteiger partial charge < -0.3 is 9.59 Å². The van der Waals surface area contributed by atoms with Crippen molar-refractivity contribution in [3.05, 3.63) is 0 Å². The fourth-order valence-corrected chi connectivity index (χ4v) is 2.78. The van der Waals surface area contributed by atoms with E-state index >= 15 is 0 Å². The van der Waals surface area contributed by atoms with Crippen LogP contribution in [0.3, 0.4) is 0 Å². The van der Waals surface area contributed by atoms with Gasteiger partial charge in [-0.3, -0.25) is 0 Å². The first-order valence-electron chi connectivity index (χ1n) is 3.57. The fourth-order valence-electron chi connectivity index (χ4n) is 0.926. The summed E-state index contributed by atoms with van der Waals surface area (Å²) in [7, 11) is -2.70. The van der Waals surface area contributed by atoms with E-state index in [1.54, 1.807) is 0 Å². The third kappa shape index (κ3) is 4.63. The molecule has 3 heteroatoms. The minimum atomic E-state index is -2.70. The maximum Gasteiger partial charge on any atom is 0.332 e. The fraction of sp³-hybridized carbons (Fsp3) is 1.00. The molecule has 0 aromatic heterocycles. The molecule has 2 N–H and O–H groups in total. The quantitative estimate of drug-likeness (QED) is 0.589. The van der Waals surface area contributed by atoms with E-state index in [2.05, 4.69) is 0 Å². The highest BCUT2D eigenvalue weighted by atomic mass is 28.4. The molecule has 0 aromatic rings. The molecule has 9 heavy (non-hydrogen) atoms. The zero-order valence-corrected chi connectivity index (χ0v) is 7.22. The number of hydrogen-bond acceptors (Lipinski definition) is 2. The van der Waals surface area contributed by atoms with E-state index in [1.165, 1.54) is 0 Å². The Morgan fingerprint density at radius 3 is 1.56 bits per heavy atom. The molecule has 0 rings (SSSR count). The van der Waals surface area contributed by atoms with Crippen LogP contribution in [-0.2, 0) is 0 Å². The van der Waals surface area contributed by atoms with Crippen LogP contribution in [0.15, 0.2) is 0 Å². The maximum absolute atomic E-state index is 9.21. The molecule has 2 nitrogen and oxygen atoms in total. The minimum Gasteiger partial charge on any atom is -0.411 e. The van der Waals surface area contributed by atoms with Crippen LogP contribution in [0.1, 0.15) is 26.7 Å². The average molecular weight is 148 g/mol. The van der Waals surface area contributed by atoms with E-state index < -0.39 is 8.56 Å². The van der Waals surface area contributed by atoms with Crippen molar-refractivity contribution in [2.45, 2.75) is 38.8 Å². The Morgan fingerprint density at radius 1 is 1.00 bits per heavy atom. The van der Waals surface area contributed by atoms with Crippen LogP contribution < -0.4 is 0 Å². The molecular weight excluding hydrogens is 132 g/mol. The van der Waals surface area contributed by atoms with Crippen molar-refractivity contribution >= 4 is 8.56 Å². The molecule has 0 atom stereocenters. The lowest BCUT2D eigenvalue weighted by atomic mass is 10.6. The predicted octanol–water partition coefficient (Wildman–Crippen LogP) is 1.23. The normalized spacial score (nSPS) is 12.0. The Labute approximate surface area is 57.8 Å². The molecule has 0 saturated heterocycles. The predicted molar refractivity (Wildman–Crippen MR) is 40.4 cm³/mol. The van der Waals surface area contributed by atoms with Crippen LogP contribution in [0.4, 0.5) is 0 Å². The summed E-state index contributed by atoms with van der Waals surface area (Å²) in [5.74, 6) is 0. The summed E-state index contributed by atoms with van der Waals surface area (Å²) >= 11 is 0. The van der Waals surface area contributed by atoms with E-state index in [4.69, 9.17) is 0 Å². The van der Waals surface area contributed by atoms with Crippen molar-refractivity contribution in [1.29, 1.82) is 0 Å². The lowest BCUT2D eigenvalue weighted by molar-refractivity contribution is 0.355. The van der Waals surface area contributed by atoms with Crippen molar-refractivity contribution < 1.29 is 9.59 Å². The molecule has 0 aliphatic rings. The summed E-state index contributed by atoms with van der Waals surface area (Å²) in [5, 5.41) is 0. The number of hydrogen-bond donors (Lipinski definition) is 2. The zero-order valence-electron chi connectivity index (χ0n) is 6.22. The van der Waals surface area contributed by atoms with Gasteiger partial charge in [0.25, 0.3) is 0 Å². The van der Waals surface area contributed by atoms with Crippen molar-refractivity contribution in [1.82, 2.24) is 0 Å². The van der Waals surface area contributed by atoms with E-state index in [0.717, 1.165) is 12.8 Å². The molecule has 0 unspecified atom stereocenters. The first kappa shape index (κ1) is 9.14. The van der Waals surface area contributed by atoms with Crippen LogP contribution in [0, 0.1) is 0 Å². The van der Waals surface area contributed by atoms with Crippen molar-refractivity contribution in [3.63, 3.8) is 0 Å². The SMILES string of the molecule is CCC[Si](O)(O)CCC. The highest BCUT2D eigenvalue weighted by Crippen LogP contribution is 2.11. The molecule has 56 valence electrons. The Bertz CT molecular complexity index is 65.5. The Morgan fingerprint density at radius 2 is 1.33 bits per heavy atom. The van der Waals surface area contributed by atoms with Gasteiger partial charge in [0.05, 0.1) is 0 Å². The number of rotatable bonds is 4. The largest absolute Gasteiger partial charge is 0.411 e. The first-order chi connectivity index (χ1) is 4.12. The molecule has 0 radical (unpaired) electrons. The van der Waals surface area contributed by atoms with Gasteiger partial charge in [-0.15, -0.1) is 0 Å². The smallest absolute Gasteiger partial charge is 0.332 e. The highest BCUT2D eigenvalue weighted by molar-refractivity contribution is 6.64. The third-order valence-electron chi connectivity index (χ3n) is 1.30. The van der Waals surface area contributed by atoms with Crippen LogP contribution in [0.5, 0.6) is 0 Å². The standard InChI is InChI=1S/C6H16O2Si/c1-3-5-9(7,8)6-4-2/h7-8H,3-6H2,1-2H3. The molecule has 0 heterocycles. The van der Waals surface area contributed by atoms with Crippen molar-refractivity contribution in [3.8, 4) is 0 Å². The van der Waals surface area contributed by atoms with E-state index in [-0.39, 0.29) is 0 Å². The van der Waals surface area contributed by atoms with Crippen LogP contribution in [0.25, 0.3) is 0 Å². The van der Waals surface area contributed by atoms with Gasteiger partial charge in [0.15, 0.2) is 0 Å². The molecule has 0 aliphatic heterocycles. The van der Waals surface area contributed by atoms with Gasteiger partial charge in [-0.05, 0) is 12.1 Å². The highest BCUT2D eigenvalue weighted by Gasteiger charge is 2.25. The maximum atomic E-state index is 9.21. The molecule has 0 aliphatic carbocycles. The van der Waals surface area contributed by atoms with Gasteiger partial charge in [0.1, 0.15) is 0 Å². The summed E-state index contributed by atoms with van der Waals surface area (Å²) in [4.78, 5) is 18.4. The second-order valence-corrected chi connectivity index (χ2v) is 5.45. The lowest BCUT2D eigenvalue weighted by Gasteiger charge is -2.14. The molecule has 0 amide bonds. The van der Waals surface area contributed by atoms with Gasteiger partial charge in [0.2, 0.25) is 0 Å². The summed E-state index contributed by atoms with van der Waals surface area (Å²) in [5.41, 5.74) is 0. The van der Waals surface area contributed by atoms with E-state index in [0.29, 0.717) is 12.1 Å². The molecular formula is C6H16O2Si. The van der Waals surface area contributed by atoms with Gasteiger partial charge in [-0.2, -0.15) is 0 Å². The summed E-state index contributed by atoms with van der Waals surface area (Å²) < 4.78 is 0. The summed E-state index contributed by atoms with van der Waals surface area (Å²) in [6.07, 6.45) is 1.78. The molecule has 0 spiro atoms. The van der Waals surface area contributed by atoms with E-state index in [1.807, 2.05) is 13.8 Å². The monoisotopic (exact) mass is 148 g/mol. The molecule has 0 aromatic carbocycles. The van der Waals surface area contributed by atoms with Crippen LogP contribution in [0.2, 0.25) is 12.1 Å². The van der Waals surface area contributed by atoms with Crippen LogP contribution in [-0.4, -0.2) is 18.2 Å². The molecule has 0 bridgehead atoms. The van der Waals surface area contributed by atoms with Crippen LogP contribution >= 0.6 is 0 Å². The Kier molecular flexibility index (Phi) is 4.09. The molecule has 0 saturated carbocycles. The van der Waals surface area contributed by atoms with Crippen molar-refractivity contribution in [2.24, 2.45) is 0 Å². The van der Waals surface area contributed by atoms with Gasteiger partial charge in [-0.1, -0.05) is 26.7 Å². The second kappa shape index (κ2) is 4.03. The van der Waals surface area contributed by atoms with E-state index in [9.17, 15) is 9.59 Å². The van der Waals surface area contributed by atoms with Gasteiger partial charge in [-0.25, -0.2) is 0 Å².